The monoisotopic (exact) mass is 261 g/mol. The number of hydrogen-bond acceptors (Lipinski definition) is 4. The van der Waals surface area contributed by atoms with Crippen LogP contribution in [0.2, 0.25) is 0 Å². The van der Waals surface area contributed by atoms with Gasteiger partial charge in [-0.15, -0.1) is 0 Å². The molecule has 1 unspecified atom stereocenters. The number of hydrogen-bond donors (Lipinski definition) is 2. The Hall–Kier alpha value is 0.230. The van der Waals surface area contributed by atoms with E-state index in [1.54, 1.807) is 0 Å². The Morgan fingerprint density at radius 2 is 2.06 bits per heavy atom. The first-order valence-corrected chi connectivity index (χ1v) is 7.96. The third-order valence-corrected chi connectivity index (χ3v) is 4.96. The van der Waals surface area contributed by atoms with Gasteiger partial charge in [-0.1, -0.05) is 19.3 Å². The van der Waals surface area contributed by atoms with Gasteiger partial charge in [0.15, 0.2) is 0 Å². The molecule has 1 atom stereocenters. The summed E-state index contributed by atoms with van der Waals surface area (Å²) in [7, 11) is 0. The molecular weight excluding hydrogens is 234 g/mol. The van der Waals surface area contributed by atoms with Crippen LogP contribution in [0.4, 0.5) is 0 Å². The number of nitrogens with one attached hydrogen (secondary N) is 1. The highest BCUT2D eigenvalue weighted by molar-refractivity contribution is 8.00. The van der Waals surface area contributed by atoms with Crippen molar-refractivity contribution >= 4 is 11.8 Å². The Labute approximate surface area is 110 Å². The van der Waals surface area contributed by atoms with Gasteiger partial charge in [-0.2, -0.15) is 11.8 Å². The summed E-state index contributed by atoms with van der Waals surface area (Å²) in [4.78, 5) is 0. The standard InChI is InChI=1S/C13H27NO2S/c1-3-16-10-12(15)9-14-11-13(17-2)7-5-4-6-8-13/h12,14-15H,3-11H2,1-2H3. The molecule has 2 N–H and O–H groups in total. The molecule has 0 aromatic rings. The Morgan fingerprint density at radius 1 is 1.35 bits per heavy atom. The zero-order valence-electron chi connectivity index (χ0n) is 11.2. The van der Waals surface area contributed by atoms with Crippen molar-refractivity contribution in [2.45, 2.75) is 49.9 Å². The van der Waals surface area contributed by atoms with E-state index in [9.17, 15) is 5.11 Å². The molecule has 102 valence electrons. The summed E-state index contributed by atoms with van der Waals surface area (Å²) in [6.07, 6.45) is 8.54. The fraction of sp³-hybridized carbons (Fsp3) is 1.00. The van der Waals surface area contributed by atoms with E-state index in [1.165, 1.54) is 32.1 Å². The van der Waals surface area contributed by atoms with Crippen LogP contribution in [0.15, 0.2) is 0 Å². The maximum atomic E-state index is 9.67. The van der Waals surface area contributed by atoms with Crippen LogP contribution < -0.4 is 5.32 Å². The molecule has 1 fully saturated rings. The molecule has 4 heteroatoms. The molecule has 1 saturated carbocycles. The molecule has 1 aliphatic rings. The minimum absolute atomic E-state index is 0.377. The van der Waals surface area contributed by atoms with E-state index in [0.717, 1.165) is 6.54 Å². The van der Waals surface area contributed by atoms with E-state index in [4.69, 9.17) is 4.74 Å². The normalized spacial score (nSPS) is 21.4. The molecule has 0 aromatic heterocycles. The number of aliphatic hydroxyl groups is 1. The molecule has 0 aromatic carbocycles. The highest BCUT2D eigenvalue weighted by Crippen LogP contribution is 2.37. The lowest BCUT2D eigenvalue weighted by Crippen LogP contribution is -2.42. The van der Waals surface area contributed by atoms with E-state index >= 15 is 0 Å². The minimum Gasteiger partial charge on any atom is -0.389 e. The van der Waals surface area contributed by atoms with Gasteiger partial charge in [0.25, 0.3) is 0 Å². The van der Waals surface area contributed by atoms with Gasteiger partial charge in [0.2, 0.25) is 0 Å². The van der Waals surface area contributed by atoms with Crippen molar-refractivity contribution in [3.05, 3.63) is 0 Å². The van der Waals surface area contributed by atoms with Crippen molar-refractivity contribution in [1.29, 1.82) is 0 Å². The number of thioether (sulfide) groups is 1. The van der Waals surface area contributed by atoms with Gasteiger partial charge < -0.3 is 15.2 Å². The Morgan fingerprint density at radius 3 is 2.65 bits per heavy atom. The lowest BCUT2D eigenvalue weighted by Gasteiger charge is -2.36. The van der Waals surface area contributed by atoms with Crippen LogP contribution in [0.25, 0.3) is 0 Å². The maximum absolute atomic E-state index is 9.67. The fourth-order valence-corrected chi connectivity index (χ4v) is 3.37. The highest BCUT2D eigenvalue weighted by Gasteiger charge is 2.30. The second-order valence-electron chi connectivity index (χ2n) is 4.89. The number of ether oxygens (including phenoxy) is 1. The molecule has 0 heterocycles. The average molecular weight is 261 g/mol. The first-order valence-electron chi connectivity index (χ1n) is 6.74. The molecule has 17 heavy (non-hydrogen) atoms. The summed E-state index contributed by atoms with van der Waals surface area (Å²) in [6.45, 7) is 4.71. The van der Waals surface area contributed by atoms with Crippen LogP contribution in [0, 0.1) is 0 Å². The first kappa shape index (κ1) is 15.3. The van der Waals surface area contributed by atoms with Crippen molar-refractivity contribution in [2.75, 3.05) is 32.6 Å². The van der Waals surface area contributed by atoms with Crippen molar-refractivity contribution in [3.63, 3.8) is 0 Å². The lowest BCUT2D eigenvalue weighted by molar-refractivity contribution is 0.0425. The van der Waals surface area contributed by atoms with E-state index in [0.29, 0.717) is 24.5 Å². The minimum atomic E-state index is -0.377. The predicted molar refractivity (Wildman–Crippen MR) is 74.7 cm³/mol. The molecule has 0 bridgehead atoms. The first-order chi connectivity index (χ1) is 8.22. The summed E-state index contributed by atoms with van der Waals surface area (Å²) in [5.41, 5.74) is 0. The summed E-state index contributed by atoms with van der Waals surface area (Å²) in [6, 6.07) is 0. The van der Waals surface area contributed by atoms with Crippen LogP contribution >= 0.6 is 11.8 Å². The van der Waals surface area contributed by atoms with Gasteiger partial charge in [-0.25, -0.2) is 0 Å². The van der Waals surface area contributed by atoms with Crippen LogP contribution in [0.3, 0.4) is 0 Å². The van der Waals surface area contributed by atoms with E-state index < -0.39 is 0 Å². The van der Waals surface area contributed by atoms with Gasteiger partial charge in [0.1, 0.15) is 0 Å². The fourth-order valence-electron chi connectivity index (χ4n) is 2.43. The maximum Gasteiger partial charge on any atom is 0.0897 e. The number of aliphatic hydroxyl groups excluding tert-OH is 1. The average Bonchev–Trinajstić information content (AvgIpc) is 2.37. The largest absolute Gasteiger partial charge is 0.389 e. The Kier molecular flexibility index (Phi) is 7.51. The second kappa shape index (κ2) is 8.35. The third-order valence-electron chi connectivity index (χ3n) is 3.54. The van der Waals surface area contributed by atoms with E-state index in [1.807, 2.05) is 18.7 Å². The summed E-state index contributed by atoms with van der Waals surface area (Å²) in [5, 5.41) is 13.1. The van der Waals surface area contributed by atoms with E-state index in [-0.39, 0.29) is 6.10 Å². The molecule has 3 nitrogen and oxygen atoms in total. The van der Waals surface area contributed by atoms with Gasteiger partial charge >= 0.3 is 0 Å². The second-order valence-corrected chi connectivity index (χ2v) is 6.17. The van der Waals surface area contributed by atoms with Crippen molar-refractivity contribution < 1.29 is 9.84 Å². The SMILES string of the molecule is CCOCC(O)CNCC1(SC)CCCCC1. The summed E-state index contributed by atoms with van der Waals surface area (Å²) >= 11 is 1.99. The highest BCUT2D eigenvalue weighted by atomic mass is 32.2. The molecule has 0 spiro atoms. The molecule has 0 aliphatic heterocycles. The van der Waals surface area contributed by atoms with Gasteiger partial charge in [0.05, 0.1) is 12.7 Å². The van der Waals surface area contributed by atoms with Gasteiger partial charge in [-0.3, -0.25) is 0 Å². The van der Waals surface area contributed by atoms with Crippen LogP contribution in [-0.2, 0) is 4.74 Å². The predicted octanol–water partition coefficient (Wildman–Crippen LogP) is 2.04. The lowest BCUT2D eigenvalue weighted by atomic mass is 9.88. The topological polar surface area (TPSA) is 41.5 Å². The zero-order chi connectivity index (χ0) is 12.6. The van der Waals surface area contributed by atoms with Crippen LogP contribution in [0.5, 0.6) is 0 Å². The van der Waals surface area contributed by atoms with Gasteiger partial charge in [-0.05, 0) is 26.0 Å². The summed E-state index contributed by atoms with van der Waals surface area (Å²) < 4.78 is 5.60. The molecule has 0 saturated heterocycles. The summed E-state index contributed by atoms with van der Waals surface area (Å²) in [5.74, 6) is 0. The van der Waals surface area contributed by atoms with Gasteiger partial charge in [0, 0.05) is 24.4 Å². The van der Waals surface area contributed by atoms with Crippen molar-refractivity contribution in [3.8, 4) is 0 Å². The van der Waals surface area contributed by atoms with Crippen LogP contribution in [0.1, 0.15) is 39.0 Å². The van der Waals surface area contributed by atoms with E-state index in [2.05, 4.69) is 11.6 Å². The van der Waals surface area contributed by atoms with Crippen molar-refractivity contribution in [2.24, 2.45) is 0 Å². The Balaban J connectivity index is 2.18. The molecule has 1 aliphatic carbocycles. The molecule has 0 radical (unpaired) electrons. The van der Waals surface area contributed by atoms with Crippen LogP contribution in [-0.4, -0.2) is 48.5 Å². The van der Waals surface area contributed by atoms with Crippen molar-refractivity contribution in [1.82, 2.24) is 5.32 Å². The Bertz CT molecular complexity index is 196. The zero-order valence-corrected chi connectivity index (χ0v) is 12.0. The molecule has 1 rings (SSSR count). The third kappa shape index (κ3) is 5.60. The number of rotatable bonds is 8. The molecular formula is C13H27NO2S. The smallest absolute Gasteiger partial charge is 0.0897 e. The molecule has 0 amide bonds. The quantitative estimate of drug-likeness (QED) is 0.701.